The Bertz CT molecular complexity index is 583. The van der Waals surface area contributed by atoms with Gasteiger partial charge in [-0.3, -0.25) is 0 Å². The van der Waals surface area contributed by atoms with Gasteiger partial charge in [-0.25, -0.2) is 12.7 Å². The first kappa shape index (κ1) is 16.1. The average molecular weight is 314 g/mol. The molecule has 6 nitrogen and oxygen atoms in total. The van der Waals surface area contributed by atoms with Gasteiger partial charge < -0.3 is 15.2 Å². The molecule has 21 heavy (non-hydrogen) atoms. The molecule has 0 unspecified atom stereocenters. The number of hydrogen-bond acceptors (Lipinski definition) is 5. The Morgan fingerprint density at radius 2 is 2.05 bits per heavy atom. The third-order valence-electron chi connectivity index (χ3n) is 3.73. The highest BCUT2D eigenvalue weighted by Crippen LogP contribution is 2.29. The molecular formula is C14H22N2O4S. The maximum absolute atomic E-state index is 12.7. The van der Waals surface area contributed by atoms with Gasteiger partial charge >= 0.3 is 0 Å². The number of nitrogens with two attached hydrogens (primary N) is 1. The summed E-state index contributed by atoms with van der Waals surface area (Å²) in [6.45, 7) is 1.88. The van der Waals surface area contributed by atoms with Gasteiger partial charge in [0.1, 0.15) is 10.6 Å². The van der Waals surface area contributed by atoms with Crippen molar-refractivity contribution < 1.29 is 17.9 Å². The maximum Gasteiger partial charge on any atom is 0.246 e. The molecule has 1 saturated heterocycles. The minimum Gasteiger partial charge on any atom is -0.495 e. The molecular weight excluding hydrogens is 292 g/mol. The van der Waals surface area contributed by atoms with Gasteiger partial charge in [-0.15, -0.1) is 0 Å². The van der Waals surface area contributed by atoms with E-state index in [4.69, 9.17) is 15.2 Å². The van der Waals surface area contributed by atoms with Crippen LogP contribution >= 0.6 is 0 Å². The summed E-state index contributed by atoms with van der Waals surface area (Å²) in [6.07, 6.45) is 1.78. The van der Waals surface area contributed by atoms with Crippen molar-refractivity contribution in [3.8, 4) is 5.75 Å². The standard InChI is InChI=1S/C14H22N2O4S/c1-16(10-11-5-7-20-8-6-11)21(17,18)14-4-3-12(15)9-13(14)19-2/h3-4,9,11H,5-8,10,15H2,1-2H3. The SMILES string of the molecule is COc1cc(N)ccc1S(=O)(=O)N(C)CC1CCOCC1. The van der Waals surface area contributed by atoms with Gasteiger partial charge in [0.15, 0.2) is 0 Å². The molecule has 0 saturated carbocycles. The second-order valence-electron chi connectivity index (χ2n) is 5.25. The monoisotopic (exact) mass is 314 g/mol. The second-order valence-corrected chi connectivity index (χ2v) is 7.26. The molecule has 7 heteroatoms. The Morgan fingerprint density at radius 3 is 2.67 bits per heavy atom. The fraction of sp³-hybridized carbons (Fsp3) is 0.571. The van der Waals surface area contributed by atoms with Crippen LogP contribution in [0.5, 0.6) is 5.75 Å². The van der Waals surface area contributed by atoms with Crippen molar-refractivity contribution in [2.75, 3.05) is 39.6 Å². The summed E-state index contributed by atoms with van der Waals surface area (Å²) in [7, 11) is -0.551. The van der Waals surface area contributed by atoms with Crippen molar-refractivity contribution in [2.24, 2.45) is 5.92 Å². The number of nitrogens with zero attached hydrogens (tertiary/aromatic N) is 1. The van der Waals surface area contributed by atoms with Gasteiger partial charge in [0.2, 0.25) is 10.0 Å². The molecule has 0 spiro atoms. The first-order chi connectivity index (χ1) is 9.95. The Balaban J connectivity index is 2.20. The number of nitrogen functional groups attached to an aromatic ring is 1. The summed E-state index contributed by atoms with van der Waals surface area (Å²) in [5, 5.41) is 0. The molecule has 0 radical (unpaired) electrons. The molecule has 1 heterocycles. The molecule has 2 N–H and O–H groups in total. The highest BCUT2D eigenvalue weighted by Gasteiger charge is 2.27. The van der Waals surface area contributed by atoms with Crippen LogP contribution < -0.4 is 10.5 Å². The van der Waals surface area contributed by atoms with E-state index in [9.17, 15) is 8.42 Å². The highest BCUT2D eigenvalue weighted by molar-refractivity contribution is 7.89. The van der Waals surface area contributed by atoms with E-state index in [2.05, 4.69) is 0 Å². The van der Waals surface area contributed by atoms with E-state index >= 15 is 0 Å². The average Bonchev–Trinajstić information content (AvgIpc) is 2.47. The van der Waals surface area contributed by atoms with Crippen LogP contribution in [0.4, 0.5) is 5.69 Å². The molecule has 2 rings (SSSR count). The van der Waals surface area contributed by atoms with E-state index in [1.807, 2.05) is 0 Å². The van der Waals surface area contributed by atoms with E-state index in [1.54, 1.807) is 13.1 Å². The molecule has 0 atom stereocenters. The Labute approximate surface area is 125 Å². The third kappa shape index (κ3) is 3.66. The predicted octanol–water partition coefficient (Wildman–Crippen LogP) is 1.32. The largest absolute Gasteiger partial charge is 0.495 e. The summed E-state index contributed by atoms with van der Waals surface area (Å²) < 4.78 is 37.2. The van der Waals surface area contributed by atoms with Crippen LogP contribution in [-0.2, 0) is 14.8 Å². The maximum atomic E-state index is 12.7. The van der Waals surface area contributed by atoms with E-state index in [1.165, 1.54) is 23.5 Å². The summed E-state index contributed by atoms with van der Waals surface area (Å²) in [6, 6.07) is 4.58. The fourth-order valence-corrected chi connectivity index (χ4v) is 3.84. The molecule has 0 aliphatic carbocycles. The van der Waals surface area contributed by atoms with Gasteiger partial charge in [0, 0.05) is 38.6 Å². The lowest BCUT2D eigenvalue weighted by Gasteiger charge is -2.27. The molecule has 0 bridgehead atoms. The van der Waals surface area contributed by atoms with Crippen molar-refractivity contribution in [3.63, 3.8) is 0 Å². The zero-order valence-electron chi connectivity index (χ0n) is 12.4. The van der Waals surface area contributed by atoms with Crippen molar-refractivity contribution in [1.29, 1.82) is 0 Å². The normalized spacial score (nSPS) is 17.1. The number of rotatable bonds is 5. The van der Waals surface area contributed by atoms with Gasteiger partial charge in [-0.05, 0) is 30.9 Å². The molecule has 1 aromatic carbocycles. The van der Waals surface area contributed by atoms with Crippen molar-refractivity contribution >= 4 is 15.7 Å². The third-order valence-corrected chi connectivity index (χ3v) is 5.59. The number of anilines is 1. The molecule has 1 fully saturated rings. The highest BCUT2D eigenvalue weighted by atomic mass is 32.2. The zero-order valence-corrected chi connectivity index (χ0v) is 13.2. The van der Waals surface area contributed by atoms with Crippen LogP contribution in [0.15, 0.2) is 23.1 Å². The number of benzene rings is 1. The fourth-order valence-electron chi connectivity index (χ4n) is 2.46. The molecule has 118 valence electrons. The van der Waals surface area contributed by atoms with Crippen LogP contribution in [0.1, 0.15) is 12.8 Å². The van der Waals surface area contributed by atoms with Crippen LogP contribution in [0.3, 0.4) is 0 Å². The molecule has 0 amide bonds. The first-order valence-corrected chi connectivity index (χ1v) is 8.36. The lowest BCUT2D eigenvalue weighted by atomic mass is 10.0. The Morgan fingerprint density at radius 1 is 1.38 bits per heavy atom. The van der Waals surface area contributed by atoms with Gasteiger partial charge in [0.25, 0.3) is 0 Å². The van der Waals surface area contributed by atoms with E-state index < -0.39 is 10.0 Å². The van der Waals surface area contributed by atoms with Crippen molar-refractivity contribution in [3.05, 3.63) is 18.2 Å². The summed E-state index contributed by atoms with van der Waals surface area (Å²) in [4.78, 5) is 0.147. The Kier molecular flexibility index (Phi) is 5.08. The quantitative estimate of drug-likeness (QED) is 0.829. The summed E-state index contributed by atoms with van der Waals surface area (Å²) >= 11 is 0. The van der Waals surface area contributed by atoms with Crippen LogP contribution in [0.25, 0.3) is 0 Å². The number of methoxy groups -OCH3 is 1. The minimum absolute atomic E-state index is 0.147. The zero-order chi connectivity index (χ0) is 15.5. The number of hydrogen-bond donors (Lipinski definition) is 1. The first-order valence-electron chi connectivity index (χ1n) is 6.92. The van der Waals surface area contributed by atoms with Gasteiger partial charge in [-0.1, -0.05) is 0 Å². The van der Waals surface area contributed by atoms with E-state index in [-0.39, 0.29) is 10.6 Å². The van der Waals surface area contributed by atoms with Gasteiger partial charge in [-0.2, -0.15) is 0 Å². The van der Waals surface area contributed by atoms with Gasteiger partial charge in [0.05, 0.1) is 7.11 Å². The molecule has 0 aromatic heterocycles. The van der Waals surface area contributed by atoms with Crippen LogP contribution in [0, 0.1) is 5.92 Å². The van der Waals surface area contributed by atoms with Crippen molar-refractivity contribution in [2.45, 2.75) is 17.7 Å². The van der Waals surface area contributed by atoms with E-state index in [0.717, 1.165) is 12.8 Å². The van der Waals surface area contributed by atoms with Crippen molar-refractivity contribution in [1.82, 2.24) is 4.31 Å². The molecule has 1 aliphatic heterocycles. The number of sulfonamides is 1. The smallest absolute Gasteiger partial charge is 0.246 e. The topological polar surface area (TPSA) is 81.9 Å². The van der Waals surface area contributed by atoms with E-state index in [0.29, 0.717) is 31.4 Å². The summed E-state index contributed by atoms with van der Waals surface area (Å²) in [5.41, 5.74) is 6.14. The van der Waals surface area contributed by atoms with Crippen LogP contribution in [0.2, 0.25) is 0 Å². The van der Waals surface area contributed by atoms with Crippen LogP contribution in [-0.4, -0.2) is 46.6 Å². The number of ether oxygens (including phenoxy) is 2. The molecule has 1 aliphatic rings. The summed E-state index contributed by atoms with van der Waals surface area (Å²) in [5.74, 6) is 0.604. The predicted molar refractivity (Wildman–Crippen MR) is 80.8 cm³/mol. The lowest BCUT2D eigenvalue weighted by Crippen LogP contribution is -2.34. The Hall–Kier alpha value is -1.31. The minimum atomic E-state index is -3.59. The molecule has 1 aromatic rings. The second kappa shape index (κ2) is 6.64. The lowest BCUT2D eigenvalue weighted by molar-refractivity contribution is 0.0620.